The third kappa shape index (κ3) is 6.06. The van der Waals surface area contributed by atoms with Gasteiger partial charge >= 0.3 is 0 Å². The van der Waals surface area contributed by atoms with Gasteiger partial charge in [0.1, 0.15) is 6.10 Å². The maximum Gasteiger partial charge on any atom is 0.104 e. The van der Waals surface area contributed by atoms with Crippen LogP contribution in [0.25, 0.3) is 0 Å². The highest BCUT2D eigenvalue weighted by Gasteiger charge is 2.22. The number of hydrogen-bond acceptors (Lipinski definition) is 4. The van der Waals surface area contributed by atoms with Crippen LogP contribution in [-0.2, 0) is 17.8 Å². The molecule has 0 spiro atoms. The average Bonchev–Trinajstić information content (AvgIpc) is 3.02. The standard InChI is InChI=1S/C11H24O4S/c1-4-14-16(3,15-5-2)8-6-7-12-9-11-10-13-11/h11H,4-10H2,1-3H3. The molecule has 1 aliphatic heterocycles. The van der Waals surface area contributed by atoms with E-state index in [2.05, 4.69) is 6.26 Å². The third-order valence-electron chi connectivity index (χ3n) is 2.24. The Balaban J connectivity index is 2.05. The first-order chi connectivity index (χ1) is 7.70. The molecule has 0 amide bonds. The zero-order valence-electron chi connectivity index (χ0n) is 10.6. The van der Waals surface area contributed by atoms with Gasteiger partial charge in [0.2, 0.25) is 0 Å². The van der Waals surface area contributed by atoms with Crippen LogP contribution in [0, 0.1) is 0 Å². The predicted octanol–water partition coefficient (Wildman–Crippen LogP) is 2.13. The van der Waals surface area contributed by atoms with E-state index in [1.807, 2.05) is 13.8 Å². The molecule has 1 unspecified atom stereocenters. The highest BCUT2D eigenvalue weighted by Crippen LogP contribution is 2.46. The predicted molar refractivity (Wildman–Crippen MR) is 66.8 cm³/mol. The number of rotatable bonds is 10. The lowest BCUT2D eigenvalue weighted by atomic mass is 10.5. The maximum atomic E-state index is 5.69. The van der Waals surface area contributed by atoms with Gasteiger partial charge in [-0.05, 0) is 20.3 Å². The van der Waals surface area contributed by atoms with E-state index in [9.17, 15) is 0 Å². The smallest absolute Gasteiger partial charge is 0.104 e. The van der Waals surface area contributed by atoms with Crippen molar-refractivity contribution in [2.45, 2.75) is 26.4 Å². The molecule has 0 aliphatic carbocycles. The summed E-state index contributed by atoms with van der Waals surface area (Å²) in [6, 6.07) is 0. The Labute approximate surface area is 100 Å². The lowest BCUT2D eigenvalue weighted by Gasteiger charge is -2.38. The Kier molecular flexibility index (Phi) is 6.68. The molecule has 4 nitrogen and oxygen atoms in total. The van der Waals surface area contributed by atoms with Gasteiger partial charge in [-0.25, -0.2) is 0 Å². The minimum Gasteiger partial charge on any atom is -0.379 e. The van der Waals surface area contributed by atoms with E-state index < -0.39 is 10.6 Å². The summed E-state index contributed by atoms with van der Waals surface area (Å²) in [5.41, 5.74) is 0. The van der Waals surface area contributed by atoms with Gasteiger partial charge in [0.05, 0.1) is 26.4 Å². The number of epoxide rings is 1. The van der Waals surface area contributed by atoms with Crippen molar-refractivity contribution in [3.8, 4) is 0 Å². The third-order valence-corrected chi connectivity index (χ3v) is 4.74. The van der Waals surface area contributed by atoms with E-state index in [0.29, 0.717) is 19.3 Å². The van der Waals surface area contributed by atoms with Crippen LogP contribution in [0.2, 0.25) is 0 Å². The van der Waals surface area contributed by atoms with Crippen molar-refractivity contribution >= 4 is 10.6 Å². The minimum absolute atomic E-state index is 0.359. The second kappa shape index (κ2) is 7.50. The summed E-state index contributed by atoms with van der Waals surface area (Å²) in [5.74, 6) is 0.945. The van der Waals surface area contributed by atoms with Crippen LogP contribution in [0.1, 0.15) is 20.3 Å². The molecular weight excluding hydrogens is 228 g/mol. The Hall–Kier alpha value is 0.190. The summed E-state index contributed by atoms with van der Waals surface area (Å²) >= 11 is 0. The van der Waals surface area contributed by atoms with Gasteiger partial charge in [0.25, 0.3) is 0 Å². The van der Waals surface area contributed by atoms with Gasteiger partial charge in [-0.1, -0.05) is 0 Å². The van der Waals surface area contributed by atoms with E-state index in [0.717, 1.165) is 32.0 Å². The van der Waals surface area contributed by atoms with Crippen molar-refractivity contribution in [1.29, 1.82) is 0 Å². The van der Waals surface area contributed by atoms with Crippen molar-refractivity contribution in [2.24, 2.45) is 0 Å². The first-order valence-electron chi connectivity index (χ1n) is 5.94. The molecule has 0 saturated carbocycles. The van der Waals surface area contributed by atoms with Gasteiger partial charge in [0.15, 0.2) is 0 Å². The lowest BCUT2D eigenvalue weighted by molar-refractivity contribution is 0.117. The van der Waals surface area contributed by atoms with Crippen LogP contribution in [0.4, 0.5) is 0 Å². The van der Waals surface area contributed by atoms with Crippen LogP contribution in [0.3, 0.4) is 0 Å². The highest BCUT2D eigenvalue weighted by molar-refractivity contribution is 8.25. The normalized spacial score (nSPS) is 21.1. The number of hydrogen-bond donors (Lipinski definition) is 0. The van der Waals surface area contributed by atoms with E-state index in [1.165, 1.54) is 0 Å². The summed E-state index contributed by atoms with van der Waals surface area (Å²) in [5, 5.41) is 0. The average molecular weight is 252 g/mol. The monoisotopic (exact) mass is 252 g/mol. The molecule has 0 bridgehead atoms. The van der Waals surface area contributed by atoms with Crippen molar-refractivity contribution in [3.05, 3.63) is 0 Å². The van der Waals surface area contributed by atoms with Crippen molar-refractivity contribution in [1.82, 2.24) is 0 Å². The molecule has 0 radical (unpaired) electrons. The summed E-state index contributed by atoms with van der Waals surface area (Å²) in [6.07, 6.45) is 3.42. The molecule has 1 rings (SSSR count). The molecule has 0 aromatic heterocycles. The summed E-state index contributed by atoms with van der Waals surface area (Å²) in [6.45, 7) is 7.79. The summed E-state index contributed by atoms with van der Waals surface area (Å²) < 4.78 is 21.9. The fourth-order valence-corrected chi connectivity index (χ4v) is 3.40. The van der Waals surface area contributed by atoms with Crippen molar-refractivity contribution in [2.75, 3.05) is 45.0 Å². The van der Waals surface area contributed by atoms with E-state index in [1.54, 1.807) is 0 Å². The molecule has 0 N–H and O–H groups in total. The van der Waals surface area contributed by atoms with Crippen LogP contribution in [-0.4, -0.2) is 51.1 Å². The van der Waals surface area contributed by atoms with Gasteiger partial charge in [-0.15, -0.1) is 0 Å². The van der Waals surface area contributed by atoms with Gasteiger partial charge in [-0.2, -0.15) is 10.6 Å². The Morgan fingerprint density at radius 2 is 1.88 bits per heavy atom. The van der Waals surface area contributed by atoms with Gasteiger partial charge in [0, 0.05) is 18.6 Å². The zero-order chi connectivity index (χ0) is 11.9. The molecule has 0 aromatic carbocycles. The Morgan fingerprint density at radius 3 is 2.38 bits per heavy atom. The quantitative estimate of drug-likeness (QED) is 0.441. The van der Waals surface area contributed by atoms with E-state index in [-0.39, 0.29) is 0 Å². The molecule has 1 fully saturated rings. The highest BCUT2D eigenvalue weighted by atomic mass is 32.3. The van der Waals surface area contributed by atoms with Crippen molar-refractivity contribution < 1.29 is 17.8 Å². The lowest BCUT2D eigenvalue weighted by Crippen LogP contribution is -2.13. The zero-order valence-corrected chi connectivity index (χ0v) is 11.4. The molecule has 16 heavy (non-hydrogen) atoms. The van der Waals surface area contributed by atoms with Crippen LogP contribution in [0.5, 0.6) is 0 Å². The summed E-state index contributed by atoms with van der Waals surface area (Å²) in [4.78, 5) is 0. The minimum atomic E-state index is -1.34. The maximum absolute atomic E-state index is 5.69. The largest absolute Gasteiger partial charge is 0.379 e. The molecule has 98 valence electrons. The topological polar surface area (TPSA) is 40.2 Å². The van der Waals surface area contributed by atoms with Crippen LogP contribution in [0.15, 0.2) is 0 Å². The fourth-order valence-electron chi connectivity index (χ4n) is 1.45. The second-order valence-electron chi connectivity index (χ2n) is 3.83. The van der Waals surface area contributed by atoms with Gasteiger partial charge < -0.3 is 9.47 Å². The second-order valence-corrected chi connectivity index (χ2v) is 6.56. The van der Waals surface area contributed by atoms with Crippen LogP contribution >= 0.6 is 10.6 Å². The number of ether oxygens (including phenoxy) is 2. The first-order valence-corrected chi connectivity index (χ1v) is 8.00. The Morgan fingerprint density at radius 1 is 1.25 bits per heavy atom. The molecule has 5 heteroatoms. The molecular formula is C11H24O4S. The molecule has 1 aliphatic rings. The van der Waals surface area contributed by atoms with Gasteiger partial charge in [-0.3, -0.25) is 8.37 Å². The van der Waals surface area contributed by atoms with Crippen molar-refractivity contribution in [3.63, 3.8) is 0 Å². The molecule has 0 aromatic rings. The van der Waals surface area contributed by atoms with E-state index in [4.69, 9.17) is 17.8 Å². The van der Waals surface area contributed by atoms with E-state index >= 15 is 0 Å². The SMILES string of the molecule is CCOS(C)(CCCOCC1CO1)OCC. The summed E-state index contributed by atoms with van der Waals surface area (Å²) in [7, 11) is -1.34. The first kappa shape index (κ1) is 14.3. The van der Waals surface area contributed by atoms with Crippen LogP contribution < -0.4 is 0 Å². The molecule has 1 saturated heterocycles. The molecule has 1 atom stereocenters. The Bertz CT molecular complexity index is 179. The fraction of sp³-hybridized carbons (Fsp3) is 1.00. The molecule has 1 heterocycles.